The number of hydrogen-bond acceptors (Lipinski definition) is 1. The Morgan fingerprint density at radius 1 is 1.64 bits per heavy atom. The first-order valence-electron chi connectivity index (χ1n) is 4.19. The van der Waals surface area contributed by atoms with Crippen molar-refractivity contribution in [3.05, 3.63) is 24.0 Å². The summed E-state index contributed by atoms with van der Waals surface area (Å²) >= 11 is 0. The Morgan fingerprint density at radius 3 is 2.91 bits per heavy atom. The molecular weight excluding hydrogens is 136 g/mol. The minimum Gasteiger partial charge on any atom is -0.347 e. The Kier molecular flexibility index (Phi) is 1.50. The Bertz CT molecular complexity index is 229. The highest BCUT2D eigenvalue weighted by molar-refractivity contribution is 5.17. The van der Waals surface area contributed by atoms with E-state index in [1.165, 1.54) is 5.69 Å². The Hall–Kier alpha value is -0.760. The maximum Gasteiger partial charge on any atom is 0.0602 e. The van der Waals surface area contributed by atoms with Crippen molar-refractivity contribution in [1.29, 1.82) is 0 Å². The zero-order chi connectivity index (χ0) is 7.84. The van der Waals surface area contributed by atoms with Crippen molar-refractivity contribution in [2.24, 2.45) is 0 Å². The maximum absolute atomic E-state index is 3.31. The van der Waals surface area contributed by atoms with E-state index in [4.69, 9.17) is 0 Å². The molecule has 1 aliphatic heterocycles. The molecule has 2 nitrogen and oxygen atoms in total. The molecule has 2 rings (SSSR count). The summed E-state index contributed by atoms with van der Waals surface area (Å²) in [5, 5.41) is 3.31. The molecule has 1 N–H and O–H groups in total. The van der Waals surface area contributed by atoms with Gasteiger partial charge in [-0.15, -0.1) is 0 Å². The standard InChI is InChI=1S/C9H14N2/c1-7(2)11-5-3-4-9(11)8-6-10-8/h3-5,7-8,10H,6H2,1-2H3/t8-/m1/s1. The van der Waals surface area contributed by atoms with Gasteiger partial charge in [-0.3, -0.25) is 0 Å². The van der Waals surface area contributed by atoms with Crippen LogP contribution in [0.5, 0.6) is 0 Å². The minimum atomic E-state index is 0.586. The topological polar surface area (TPSA) is 26.9 Å². The third-order valence-electron chi connectivity index (χ3n) is 2.13. The molecule has 2 heterocycles. The van der Waals surface area contributed by atoms with Gasteiger partial charge in [0.1, 0.15) is 0 Å². The summed E-state index contributed by atoms with van der Waals surface area (Å²) in [4.78, 5) is 0. The Balaban J connectivity index is 2.30. The predicted octanol–water partition coefficient (Wildman–Crippen LogP) is 1.71. The fourth-order valence-electron chi connectivity index (χ4n) is 1.44. The van der Waals surface area contributed by atoms with Crippen molar-refractivity contribution in [3.63, 3.8) is 0 Å². The fourth-order valence-corrected chi connectivity index (χ4v) is 1.44. The summed E-state index contributed by atoms with van der Waals surface area (Å²) in [6, 6.07) is 5.54. The van der Waals surface area contributed by atoms with E-state index >= 15 is 0 Å². The molecule has 2 heteroatoms. The Labute approximate surface area is 67.2 Å². The number of rotatable bonds is 2. The summed E-state index contributed by atoms with van der Waals surface area (Å²) < 4.78 is 2.32. The summed E-state index contributed by atoms with van der Waals surface area (Å²) in [6.07, 6.45) is 2.15. The molecule has 1 aromatic heterocycles. The normalized spacial score (nSPS) is 22.6. The molecule has 0 radical (unpaired) electrons. The highest BCUT2D eigenvalue weighted by Crippen LogP contribution is 2.24. The van der Waals surface area contributed by atoms with E-state index in [2.05, 4.69) is 42.1 Å². The van der Waals surface area contributed by atoms with Gasteiger partial charge in [0.25, 0.3) is 0 Å². The van der Waals surface area contributed by atoms with Crippen molar-refractivity contribution in [2.45, 2.75) is 25.9 Å². The molecule has 1 atom stereocenters. The molecular formula is C9H14N2. The van der Waals surface area contributed by atoms with Crippen LogP contribution in [0.4, 0.5) is 0 Å². The van der Waals surface area contributed by atoms with Crippen LogP contribution in [0.25, 0.3) is 0 Å². The van der Waals surface area contributed by atoms with E-state index in [9.17, 15) is 0 Å². The maximum atomic E-state index is 3.31. The predicted molar refractivity (Wildman–Crippen MR) is 45.6 cm³/mol. The quantitative estimate of drug-likeness (QED) is 0.638. The molecule has 0 aromatic carbocycles. The van der Waals surface area contributed by atoms with E-state index in [1.54, 1.807) is 0 Å². The molecule has 60 valence electrons. The SMILES string of the molecule is CC(C)n1cccc1[C@H]1CN1. The lowest BCUT2D eigenvalue weighted by Gasteiger charge is -2.11. The number of hydrogen-bond donors (Lipinski definition) is 1. The van der Waals surface area contributed by atoms with E-state index in [0.717, 1.165) is 6.54 Å². The molecule has 1 saturated heterocycles. The van der Waals surface area contributed by atoms with Gasteiger partial charge in [-0.2, -0.15) is 0 Å². The highest BCUT2D eigenvalue weighted by Gasteiger charge is 2.25. The second kappa shape index (κ2) is 2.38. The second-order valence-electron chi connectivity index (χ2n) is 3.39. The molecule has 1 aliphatic rings. The van der Waals surface area contributed by atoms with Gasteiger partial charge in [-0.05, 0) is 26.0 Å². The summed E-state index contributed by atoms with van der Waals surface area (Å²) in [5.41, 5.74) is 1.43. The first-order valence-corrected chi connectivity index (χ1v) is 4.19. The molecule has 0 aliphatic carbocycles. The number of nitrogens with one attached hydrogen (secondary N) is 1. The van der Waals surface area contributed by atoms with Crippen LogP contribution in [0.15, 0.2) is 18.3 Å². The monoisotopic (exact) mass is 150 g/mol. The summed E-state index contributed by atoms with van der Waals surface area (Å²) in [6.45, 7) is 5.58. The van der Waals surface area contributed by atoms with Crippen LogP contribution >= 0.6 is 0 Å². The van der Waals surface area contributed by atoms with Crippen LogP contribution in [-0.2, 0) is 0 Å². The molecule has 0 spiro atoms. The Morgan fingerprint density at radius 2 is 2.36 bits per heavy atom. The summed E-state index contributed by atoms with van der Waals surface area (Å²) in [7, 11) is 0. The number of aromatic nitrogens is 1. The molecule has 0 unspecified atom stereocenters. The van der Waals surface area contributed by atoms with Crippen molar-refractivity contribution in [1.82, 2.24) is 9.88 Å². The van der Waals surface area contributed by atoms with E-state index < -0.39 is 0 Å². The van der Waals surface area contributed by atoms with Crippen LogP contribution in [0.3, 0.4) is 0 Å². The molecule has 1 aromatic rings. The van der Waals surface area contributed by atoms with Gasteiger partial charge in [0.05, 0.1) is 6.04 Å². The van der Waals surface area contributed by atoms with E-state index in [0.29, 0.717) is 12.1 Å². The smallest absolute Gasteiger partial charge is 0.0602 e. The van der Waals surface area contributed by atoms with E-state index in [1.807, 2.05) is 0 Å². The van der Waals surface area contributed by atoms with Crippen LogP contribution in [0.1, 0.15) is 31.6 Å². The number of nitrogens with zero attached hydrogens (tertiary/aromatic N) is 1. The van der Waals surface area contributed by atoms with Crippen molar-refractivity contribution in [2.75, 3.05) is 6.54 Å². The zero-order valence-electron chi connectivity index (χ0n) is 7.04. The van der Waals surface area contributed by atoms with Gasteiger partial charge in [-0.25, -0.2) is 0 Å². The van der Waals surface area contributed by atoms with Gasteiger partial charge in [0.15, 0.2) is 0 Å². The molecule has 0 amide bonds. The van der Waals surface area contributed by atoms with Crippen molar-refractivity contribution < 1.29 is 0 Å². The second-order valence-corrected chi connectivity index (χ2v) is 3.39. The van der Waals surface area contributed by atoms with Crippen molar-refractivity contribution in [3.8, 4) is 0 Å². The average Bonchev–Trinajstić information content (AvgIpc) is 2.68. The lowest BCUT2D eigenvalue weighted by atomic mass is 10.3. The largest absolute Gasteiger partial charge is 0.347 e. The third-order valence-corrected chi connectivity index (χ3v) is 2.13. The highest BCUT2D eigenvalue weighted by atomic mass is 15.1. The van der Waals surface area contributed by atoms with Crippen LogP contribution in [0.2, 0.25) is 0 Å². The van der Waals surface area contributed by atoms with Gasteiger partial charge in [-0.1, -0.05) is 0 Å². The molecule has 11 heavy (non-hydrogen) atoms. The third kappa shape index (κ3) is 1.18. The van der Waals surface area contributed by atoms with Gasteiger partial charge >= 0.3 is 0 Å². The molecule has 0 bridgehead atoms. The van der Waals surface area contributed by atoms with Gasteiger partial charge in [0, 0.05) is 24.5 Å². The van der Waals surface area contributed by atoms with Crippen LogP contribution < -0.4 is 5.32 Å². The summed E-state index contributed by atoms with van der Waals surface area (Å²) in [5.74, 6) is 0. The van der Waals surface area contributed by atoms with Gasteiger partial charge < -0.3 is 9.88 Å². The minimum absolute atomic E-state index is 0.586. The lowest BCUT2D eigenvalue weighted by molar-refractivity contribution is 0.576. The first kappa shape index (κ1) is 6.92. The van der Waals surface area contributed by atoms with E-state index in [-0.39, 0.29) is 0 Å². The molecule has 1 fully saturated rings. The van der Waals surface area contributed by atoms with Crippen LogP contribution in [0, 0.1) is 0 Å². The average molecular weight is 150 g/mol. The molecule has 0 saturated carbocycles. The zero-order valence-corrected chi connectivity index (χ0v) is 7.04. The van der Waals surface area contributed by atoms with Crippen molar-refractivity contribution >= 4 is 0 Å². The lowest BCUT2D eigenvalue weighted by Crippen LogP contribution is -2.03. The fraction of sp³-hybridized carbons (Fsp3) is 0.556. The van der Waals surface area contributed by atoms with Crippen LogP contribution in [-0.4, -0.2) is 11.1 Å². The first-order chi connectivity index (χ1) is 5.29. The van der Waals surface area contributed by atoms with Gasteiger partial charge in [0.2, 0.25) is 0 Å².